The Balaban J connectivity index is 1.81. The highest BCUT2D eigenvalue weighted by Gasteiger charge is 2.43. The summed E-state index contributed by atoms with van der Waals surface area (Å²) < 4.78 is 0. The molecule has 1 amide bonds. The summed E-state index contributed by atoms with van der Waals surface area (Å²) in [6.45, 7) is 4.04. The number of benzene rings is 1. The predicted octanol–water partition coefficient (Wildman–Crippen LogP) is 2.24. The number of anilines is 1. The van der Waals surface area contributed by atoms with Crippen molar-refractivity contribution in [2.45, 2.75) is 25.8 Å². The van der Waals surface area contributed by atoms with E-state index in [0.717, 1.165) is 5.56 Å². The number of nitrogens with zero attached hydrogens (tertiary/aromatic N) is 4. The SMILES string of the molecule is CN1N(c2ncc(C#Cc3ccccc3)cn2)C(=O)CC1(C)C. The first kappa shape index (κ1) is 15.2. The Labute approximate surface area is 135 Å². The van der Waals surface area contributed by atoms with Crippen molar-refractivity contribution < 1.29 is 4.79 Å². The second-order valence-electron chi connectivity index (χ2n) is 6.11. The van der Waals surface area contributed by atoms with Crippen molar-refractivity contribution in [1.29, 1.82) is 0 Å². The molecule has 3 rings (SSSR count). The van der Waals surface area contributed by atoms with E-state index in [9.17, 15) is 4.79 Å². The van der Waals surface area contributed by atoms with Gasteiger partial charge in [0.15, 0.2) is 0 Å². The van der Waals surface area contributed by atoms with Gasteiger partial charge in [-0.15, -0.1) is 0 Å². The van der Waals surface area contributed by atoms with Crippen LogP contribution in [0.5, 0.6) is 0 Å². The first-order valence-corrected chi connectivity index (χ1v) is 7.43. The number of amides is 1. The van der Waals surface area contributed by atoms with Crippen LogP contribution in [0.2, 0.25) is 0 Å². The lowest BCUT2D eigenvalue weighted by Crippen LogP contribution is -2.45. The summed E-state index contributed by atoms with van der Waals surface area (Å²) in [5.41, 5.74) is 1.42. The zero-order valence-electron chi connectivity index (χ0n) is 13.4. The van der Waals surface area contributed by atoms with Crippen LogP contribution in [0.25, 0.3) is 0 Å². The number of hydrogen-bond donors (Lipinski definition) is 0. The molecule has 23 heavy (non-hydrogen) atoms. The molecule has 0 spiro atoms. The monoisotopic (exact) mass is 306 g/mol. The van der Waals surface area contributed by atoms with Gasteiger partial charge in [0.2, 0.25) is 11.9 Å². The van der Waals surface area contributed by atoms with E-state index < -0.39 is 0 Å². The van der Waals surface area contributed by atoms with E-state index in [1.807, 2.05) is 56.2 Å². The van der Waals surface area contributed by atoms with Crippen LogP contribution >= 0.6 is 0 Å². The van der Waals surface area contributed by atoms with E-state index in [4.69, 9.17) is 0 Å². The highest BCUT2D eigenvalue weighted by molar-refractivity contribution is 5.93. The van der Waals surface area contributed by atoms with Crippen molar-refractivity contribution in [2.24, 2.45) is 0 Å². The minimum absolute atomic E-state index is 0.000574. The number of hydrazine groups is 1. The van der Waals surface area contributed by atoms with Crippen molar-refractivity contribution in [1.82, 2.24) is 15.0 Å². The maximum absolute atomic E-state index is 12.2. The second-order valence-corrected chi connectivity index (χ2v) is 6.11. The van der Waals surface area contributed by atoms with Gasteiger partial charge in [0.1, 0.15) is 0 Å². The largest absolute Gasteiger partial charge is 0.273 e. The van der Waals surface area contributed by atoms with Gasteiger partial charge >= 0.3 is 0 Å². The number of hydrogen-bond acceptors (Lipinski definition) is 4. The minimum atomic E-state index is -0.230. The highest BCUT2D eigenvalue weighted by atomic mass is 16.2. The molecule has 0 N–H and O–H groups in total. The Morgan fingerprint density at radius 2 is 1.65 bits per heavy atom. The zero-order valence-corrected chi connectivity index (χ0v) is 13.4. The van der Waals surface area contributed by atoms with E-state index in [0.29, 0.717) is 17.9 Å². The lowest BCUT2D eigenvalue weighted by molar-refractivity contribution is -0.118. The summed E-state index contributed by atoms with van der Waals surface area (Å²) in [6, 6.07) is 9.73. The van der Waals surface area contributed by atoms with Gasteiger partial charge in [0, 0.05) is 37.0 Å². The molecule has 2 aromatic rings. The van der Waals surface area contributed by atoms with Crippen LogP contribution in [0.1, 0.15) is 31.4 Å². The van der Waals surface area contributed by atoms with E-state index in [-0.39, 0.29) is 11.4 Å². The normalized spacial score (nSPS) is 17.0. The van der Waals surface area contributed by atoms with Gasteiger partial charge in [-0.05, 0) is 26.0 Å². The number of rotatable bonds is 1. The predicted molar refractivity (Wildman–Crippen MR) is 88.4 cm³/mol. The smallest absolute Gasteiger partial charge is 0.247 e. The first-order valence-electron chi connectivity index (χ1n) is 7.43. The Bertz CT molecular complexity index is 772. The fourth-order valence-corrected chi connectivity index (χ4v) is 2.40. The standard InChI is InChI=1S/C18H18N4O/c1-18(2)11-16(23)22(21(18)3)17-19-12-15(13-20-17)10-9-14-7-5-4-6-8-14/h4-8,12-13H,11H2,1-3H3. The maximum Gasteiger partial charge on any atom is 0.247 e. The summed E-state index contributed by atoms with van der Waals surface area (Å²) in [4.78, 5) is 20.8. The molecule has 5 heteroatoms. The third-order valence-electron chi connectivity index (χ3n) is 3.95. The van der Waals surface area contributed by atoms with Crippen molar-refractivity contribution in [3.05, 3.63) is 53.9 Å². The lowest BCUT2D eigenvalue weighted by atomic mass is 10.0. The number of carbonyl (C=O) groups is 1. The second kappa shape index (κ2) is 5.82. The molecule has 0 radical (unpaired) electrons. The molecule has 1 aromatic carbocycles. The Morgan fingerprint density at radius 3 is 2.22 bits per heavy atom. The molecule has 1 aromatic heterocycles. The van der Waals surface area contributed by atoms with Gasteiger partial charge in [-0.2, -0.15) is 0 Å². The van der Waals surface area contributed by atoms with Crippen molar-refractivity contribution >= 4 is 11.9 Å². The summed E-state index contributed by atoms with van der Waals surface area (Å²) in [5.74, 6) is 6.47. The van der Waals surface area contributed by atoms with Gasteiger partial charge in [-0.25, -0.2) is 20.0 Å². The van der Waals surface area contributed by atoms with E-state index in [1.165, 1.54) is 5.01 Å². The summed E-state index contributed by atoms with van der Waals surface area (Å²) in [5, 5.41) is 3.40. The maximum atomic E-state index is 12.2. The molecule has 1 saturated heterocycles. The van der Waals surface area contributed by atoms with Crippen LogP contribution in [-0.4, -0.2) is 33.5 Å². The molecule has 0 saturated carbocycles. The summed E-state index contributed by atoms with van der Waals surface area (Å²) >= 11 is 0. The minimum Gasteiger partial charge on any atom is -0.273 e. The van der Waals surface area contributed by atoms with Crippen LogP contribution < -0.4 is 5.01 Å². The molecular formula is C18H18N4O. The average Bonchev–Trinajstić information content (AvgIpc) is 2.75. The van der Waals surface area contributed by atoms with Crippen LogP contribution in [0.3, 0.4) is 0 Å². The molecular weight excluding hydrogens is 288 g/mol. The van der Waals surface area contributed by atoms with Gasteiger partial charge < -0.3 is 0 Å². The Hall–Kier alpha value is -2.71. The Kier molecular flexibility index (Phi) is 3.85. The average molecular weight is 306 g/mol. The molecule has 1 aliphatic heterocycles. The first-order chi connectivity index (χ1) is 11.0. The molecule has 0 aliphatic carbocycles. The van der Waals surface area contributed by atoms with Crippen LogP contribution in [0.4, 0.5) is 5.95 Å². The van der Waals surface area contributed by atoms with E-state index in [1.54, 1.807) is 12.4 Å². The zero-order chi connectivity index (χ0) is 16.4. The Morgan fingerprint density at radius 1 is 1.04 bits per heavy atom. The third-order valence-corrected chi connectivity index (χ3v) is 3.95. The van der Waals surface area contributed by atoms with Gasteiger partial charge in [-0.3, -0.25) is 4.79 Å². The van der Waals surface area contributed by atoms with Gasteiger partial charge in [-0.1, -0.05) is 30.0 Å². The van der Waals surface area contributed by atoms with E-state index >= 15 is 0 Å². The van der Waals surface area contributed by atoms with Gasteiger partial charge in [0.05, 0.1) is 5.56 Å². The van der Waals surface area contributed by atoms with E-state index in [2.05, 4.69) is 21.8 Å². The summed E-state index contributed by atoms with van der Waals surface area (Å²) in [6.07, 6.45) is 3.73. The molecule has 116 valence electrons. The fourth-order valence-electron chi connectivity index (χ4n) is 2.40. The molecule has 1 fully saturated rings. The highest BCUT2D eigenvalue weighted by Crippen LogP contribution is 2.30. The van der Waals surface area contributed by atoms with Crippen molar-refractivity contribution in [3.63, 3.8) is 0 Å². The fraction of sp³-hybridized carbons (Fsp3) is 0.278. The lowest BCUT2D eigenvalue weighted by Gasteiger charge is -2.31. The quantitative estimate of drug-likeness (QED) is 0.758. The van der Waals surface area contributed by atoms with Crippen LogP contribution in [-0.2, 0) is 4.79 Å². The summed E-state index contributed by atoms with van der Waals surface area (Å²) in [7, 11) is 1.87. The number of carbonyl (C=O) groups excluding carboxylic acids is 1. The topological polar surface area (TPSA) is 49.3 Å². The van der Waals surface area contributed by atoms with Crippen LogP contribution in [0.15, 0.2) is 42.7 Å². The molecule has 0 atom stereocenters. The van der Waals surface area contributed by atoms with Crippen molar-refractivity contribution in [2.75, 3.05) is 12.1 Å². The molecule has 0 bridgehead atoms. The number of aromatic nitrogens is 2. The molecule has 1 aliphatic rings. The third kappa shape index (κ3) is 3.08. The molecule has 0 unspecified atom stereocenters. The van der Waals surface area contributed by atoms with Crippen LogP contribution in [0, 0.1) is 11.8 Å². The van der Waals surface area contributed by atoms with Crippen molar-refractivity contribution in [3.8, 4) is 11.8 Å². The van der Waals surface area contributed by atoms with Gasteiger partial charge in [0.25, 0.3) is 0 Å². The molecule has 5 nitrogen and oxygen atoms in total. The molecule has 2 heterocycles.